The number of carbonyl (C=O) groups is 1. The summed E-state index contributed by atoms with van der Waals surface area (Å²) in [5.41, 5.74) is 3.08. The number of benzene rings is 1. The first kappa shape index (κ1) is 17.0. The molecule has 2 amide bonds. The Hall–Kier alpha value is -1.85. The summed E-state index contributed by atoms with van der Waals surface area (Å²) in [6, 6.07) is 10.1. The third-order valence-electron chi connectivity index (χ3n) is 4.58. The minimum absolute atomic E-state index is 0.00232. The number of hydrogen-bond donors (Lipinski definition) is 2. The van der Waals surface area contributed by atoms with E-state index >= 15 is 0 Å². The van der Waals surface area contributed by atoms with Gasteiger partial charge in [0.1, 0.15) is 0 Å². The Bertz CT molecular complexity index is 651. The van der Waals surface area contributed by atoms with Gasteiger partial charge in [-0.15, -0.1) is 0 Å². The Morgan fingerprint density at radius 1 is 1.21 bits per heavy atom. The van der Waals surface area contributed by atoms with Crippen LogP contribution in [0.4, 0.5) is 4.79 Å². The molecule has 5 heteroatoms. The lowest BCUT2D eigenvalue weighted by Crippen LogP contribution is -2.44. The second-order valence-electron chi connectivity index (χ2n) is 6.33. The number of aliphatic hydroxyl groups excluding tert-OH is 1. The van der Waals surface area contributed by atoms with Gasteiger partial charge in [-0.25, -0.2) is 4.79 Å². The van der Waals surface area contributed by atoms with E-state index in [1.165, 1.54) is 18.4 Å². The van der Waals surface area contributed by atoms with Crippen molar-refractivity contribution >= 4 is 17.4 Å². The van der Waals surface area contributed by atoms with Crippen LogP contribution in [-0.2, 0) is 19.7 Å². The Morgan fingerprint density at radius 3 is 2.71 bits per heavy atom. The van der Waals surface area contributed by atoms with Crippen molar-refractivity contribution in [3.8, 4) is 0 Å². The molecule has 0 aliphatic heterocycles. The molecule has 1 heterocycles. The highest BCUT2D eigenvalue weighted by Gasteiger charge is 2.26. The molecule has 0 bridgehead atoms. The molecule has 0 atom stereocenters. The third-order valence-corrected chi connectivity index (χ3v) is 5.31. The molecular formula is C19H24N2O2S. The lowest BCUT2D eigenvalue weighted by atomic mass is 10.1. The second kappa shape index (κ2) is 8.31. The van der Waals surface area contributed by atoms with Crippen LogP contribution in [0, 0.1) is 0 Å². The average molecular weight is 344 g/mol. The third kappa shape index (κ3) is 4.36. The number of aliphatic hydroxyl groups is 1. The van der Waals surface area contributed by atoms with Crippen LogP contribution >= 0.6 is 11.3 Å². The van der Waals surface area contributed by atoms with Crippen molar-refractivity contribution in [2.75, 3.05) is 0 Å². The van der Waals surface area contributed by atoms with E-state index in [0.717, 1.165) is 24.0 Å². The molecule has 1 saturated carbocycles. The van der Waals surface area contributed by atoms with Crippen LogP contribution in [0.25, 0.3) is 0 Å². The summed E-state index contributed by atoms with van der Waals surface area (Å²) in [7, 11) is 0. The lowest BCUT2D eigenvalue weighted by Gasteiger charge is -2.29. The van der Waals surface area contributed by atoms with E-state index in [1.54, 1.807) is 11.3 Å². The van der Waals surface area contributed by atoms with Gasteiger partial charge in [0.25, 0.3) is 0 Å². The number of rotatable bonds is 6. The monoisotopic (exact) mass is 344 g/mol. The maximum absolute atomic E-state index is 12.8. The molecule has 0 spiro atoms. The Labute approximate surface area is 147 Å². The Balaban J connectivity index is 1.64. The maximum Gasteiger partial charge on any atom is 0.318 e. The maximum atomic E-state index is 12.8. The predicted octanol–water partition coefficient (Wildman–Crippen LogP) is 3.89. The van der Waals surface area contributed by atoms with Gasteiger partial charge in [-0.2, -0.15) is 11.3 Å². The highest BCUT2D eigenvalue weighted by molar-refractivity contribution is 7.07. The van der Waals surface area contributed by atoms with Gasteiger partial charge in [-0.3, -0.25) is 0 Å². The Kier molecular flexibility index (Phi) is 5.88. The minimum atomic E-state index is 0.00232. The van der Waals surface area contributed by atoms with Crippen LogP contribution in [0.1, 0.15) is 42.4 Å². The number of urea groups is 1. The zero-order valence-electron chi connectivity index (χ0n) is 13.8. The second-order valence-corrected chi connectivity index (χ2v) is 7.11. The summed E-state index contributed by atoms with van der Waals surface area (Å²) in [6.07, 6.45) is 4.60. The SMILES string of the molecule is O=C(NCc1cccc(CO)c1)N(Cc1ccsc1)C1CCCC1. The summed E-state index contributed by atoms with van der Waals surface area (Å²) >= 11 is 1.67. The molecule has 1 aromatic heterocycles. The van der Waals surface area contributed by atoms with Gasteiger partial charge in [-0.05, 0) is 46.4 Å². The summed E-state index contributed by atoms with van der Waals surface area (Å²) < 4.78 is 0. The van der Waals surface area contributed by atoms with Crippen LogP contribution in [0.2, 0.25) is 0 Å². The zero-order valence-corrected chi connectivity index (χ0v) is 14.6. The van der Waals surface area contributed by atoms with Crippen LogP contribution in [-0.4, -0.2) is 22.1 Å². The largest absolute Gasteiger partial charge is 0.392 e. The van der Waals surface area contributed by atoms with E-state index < -0.39 is 0 Å². The summed E-state index contributed by atoms with van der Waals surface area (Å²) in [5, 5.41) is 16.4. The van der Waals surface area contributed by atoms with E-state index in [2.05, 4.69) is 22.1 Å². The lowest BCUT2D eigenvalue weighted by molar-refractivity contribution is 0.170. The van der Waals surface area contributed by atoms with Crippen molar-refractivity contribution in [1.29, 1.82) is 0 Å². The number of carbonyl (C=O) groups excluding carboxylic acids is 1. The smallest absolute Gasteiger partial charge is 0.318 e. The molecular weight excluding hydrogens is 320 g/mol. The molecule has 1 aliphatic rings. The molecule has 1 aliphatic carbocycles. The minimum Gasteiger partial charge on any atom is -0.392 e. The molecule has 0 unspecified atom stereocenters. The highest BCUT2D eigenvalue weighted by Crippen LogP contribution is 2.25. The van der Waals surface area contributed by atoms with Gasteiger partial charge in [0.05, 0.1) is 6.61 Å². The van der Waals surface area contributed by atoms with E-state index in [0.29, 0.717) is 19.1 Å². The van der Waals surface area contributed by atoms with Crippen molar-refractivity contribution in [2.45, 2.75) is 51.4 Å². The summed E-state index contributed by atoms with van der Waals surface area (Å²) in [6.45, 7) is 1.18. The van der Waals surface area contributed by atoms with E-state index in [1.807, 2.05) is 29.2 Å². The van der Waals surface area contributed by atoms with Gasteiger partial charge in [0.2, 0.25) is 0 Å². The highest BCUT2D eigenvalue weighted by atomic mass is 32.1. The zero-order chi connectivity index (χ0) is 16.8. The van der Waals surface area contributed by atoms with E-state index in [-0.39, 0.29) is 12.6 Å². The van der Waals surface area contributed by atoms with Gasteiger partial charge in [-0.1, -0.05) is 37.1 Å². The van der Waals surface area contributed by atoms with E-state index in [9.17, 15) is 9.90 Å². The van der Waals surface area contributed by atoms with E-state index in [4.69, 9.17) is 0 Å². The molecule has 0 saturated heterocycles. The van der Waals surface area contributed by atoms with Crippen molar-refractivity contribution in [3.63, 3.8) is 0 Å². The first-order chi connectivity index (χ1) is 11.8. The number of amides is 2. The average Bonchev–Trinajstić information content (AvgIpc) is 3.31. The number of hydrogen-bond acceptors (Lipinski definition) is 3. The molecule has 128 valence electrons. The molecule has 2 aromatic rings. The van der Waals surface area contributed by atoms with Gasteiger partial charge in [0, 0.05) is 19.1 Å². The standard InChI is InChI=1S/C19H24N2O2S/c22-13-16-5-3-4-15(10-16)11-20-19(23)21(18-6-1-2-7-18)12-17-8-9-24-14-17/h3-5,8-10,14,18,22H,1-2,6-7,11-13H2,(H,20,23). The predicted molar refractivity (Wildman–Crippen MR) is 96.7 cm³/mol. The molecule has 1 aromatic carbocycles. The van der Waals surface area contributed by atoms with Crippen LogP contribution in [0.5, 0.6) is 0 Å². The molecule has 0 radical (unpaired) electrons. The topological polar surface area (TPSA) is 52.6 Å². The fourth-order valence-corrected chi connectivity index (χ4v) is 3.94. The van der Waals surface area contributed by atoms with Crippen molar-refractivity contribution in [3.05, 3.63) is 57.8 Å². The molecule has 3 rings (SSSR count). The normalized spacial score (nSPS) is 14.7. The summed E-state index contributed by atoms with van der Waals surface area (Å²) in [5.74, 6) is 0. The van der Waals surface area contributed by atoms with Crippen LogP contribution in [0.15, 0.2) is 41.1 Å². The van der Waals surface area contributed by atoms with Crippen molar-refractivity contribution in [1.82, 2.24) is 10.2 Å². The van der Waals surface area contributed by atoms with Gasteiger partial charge >= 0.3 is 6.03 Å². The molecule has 2 N–H and O–H groups in total. The fourth-order valence-electron chi connectivity index (χ4n) is 3.28. The van der Waals surface area contributed by atoms with Crippen LogP contribution in [0.3, 0.4) is 0 Å². The van der Waals surface area contributed by atoms with Gasteiger partial charge in [0.15, 0.2) is 0 Å². The van der Waals surface area contributed by atoms with Gasteiger partial charge < -0.3 is 15.3 Å². The van der Waals surface area contributed by atoms with Crippen molar-refractivity contribution in [2.24, 2.45) is 0 Å². The first-order valence-corrected chi connectivity index (χ1v) is 9.45. The molecule has 4 nitrogen and oxygen atoms in total. The van der Waals surface area contributed by atoms with Crippen LogP contribution < -0.4 is 5.32 Å². The number of nitrogens with zero attached hydrogens (tertiary/aromatic N) is 1. The molecule has 24 heavy (non-hydrogen) atoms. The summed E-state index contributed by atoms with van der Waals surface area (Å²) in [4.78, 5) is 14.7. The van der Waals surface area contributed by atoms with Crippen molar-refractivity contribution < 1.29 is 9.90 Å². The number of nitrogens with one attached hydrogen (secondary N) is 1. The molecule has 1 fully saturated rings. The Morgan fingerprint density at radius 2 is 2.00 bits per heavy atom. The number of thiophene rings is 1. The quantitative estimate of drug-likeness (QED) is 0.835. The fraction of sp³-hybridized carbons (Fsp3) is 0.421. The first-order valence-electron chi connectivity index (χ1n) is 8.50.